The van der Waals surface area contributed by atoms with Gasteiger partial charge in [-0.05, 0) is 31.2 Å². The van der Waals surface area contributed by atoms with Crippen LogP contribution in [0.15, 0.2) is 47.4 Å². The number of ketones is 1. The Hall–Kier alpha value is -2.69. The maximum absolute atomic E-state index is 12.1. The average Bonchev–Trinajstić information content (AvgIpc) is 2.42. The van der Waals surface area contributed by atoms with E-state index in [1.165, 1.54) is 17.6 Å². The van der Waals surface area contributed by atoms with Gasteiger partial charge >= 0.3 is 0 Å². The minimum atomic E-state index is -0.494. The molecule has 2 rings (SSSR count). The lowest BCUT2D eigenvalue weighted by Gasteiger charge is -2.07. The Bertz CT molecular complexity index is 732. The minimum Gasteiger partial charge on any atom is -0.322 e. The molecule has 0 aliphatic rings. The van der Waals surface area contributed by atoms with Crippen molar-refractivity contribution < 1.29 is 9.59 Å². The molecule has 1 heterocycles. The lowest BCUT2D eigenvalue weighted by atomic mass is 10.1. The van der Waals surface area contributed by atoms with Crippen LogP contribution in [-0.4, -0.2) is 16.3 Å². The van der Waals surface area contributed by atoms with Gasteiger partial charge < -0.3 is 9.88 Å². The van der Waals surface area contributed by atoms with Gasteiger partial charge in [0.15, 0.2) is 5.78 Å². The Morgan fingerprint density at radius 2 is 1.90 bits per heavy atom. The van der Waals surface area contributed by atoms with E-state index >= 15 is 0 Å². The first-order chi connectivity index (χ1) is 9.49. The summed E-state index contributed by atoms with van der Waals surface area (Å²) in [5.41, 5.74) is 0.674. The number of anilines is 1. The number of nitrogens with one attached hydrogen (secondary N) is 1. The van der Waals surface area contributed by atoms with Crippen molar-refractivity contribution in [2.45, 2.75) is 6.92 Å². The fourth-order valence-corrected chi connectivity index (χ4v) is 1.78. The number of benzene rings is 1. The van der Waals surface area contributed by atoms with Crippen molar-refractivity contribution in [1.29, 1.82) is 0 Å². The van der Waals surface area contributed by atoms with Gasteiger partial charge in [0.2, 0.25) is 0 Å². The fraction of sp³-hybridized carbons (Fsp3) is 0.133. The van der Waals surface area contributed by atoms with Gasteiger partial charge in [-0.2, -0.15) is 0 Å². The fourth-order valence-electron chi connectivity index (χ4n) is 1.78. The second-order valence-corrected chi connectivity index (χ2v) is 4.43. The van der Waals surface area contributed by atoms with Gasteiger partial charge in [-0.25, -0.2) is 0 Å². The average molecular weight is 270 g/mol. The van der Waals surface area contributed by atoms with Crippen LogP contribution in [0.4, 0.5) is 5.69 Å². The maximum atomic E-state index is 12.1. The number of aromatic nitrogens is 1. The summed E-state index contributed by atoms with van der Waals surface area (Å²) in [5, 5.41) is 2.62. The highest BCUT2D eigenvalue weighted by Gasteiger charge is 2.11. The quantitative estimate of drug-likeness (QED) is 0.865. The number of aryl methyl sites for hydroxylation is 1. The van der Waals surface area contributed by atoms with E-state index in [-0.39, 0.29) is 16.9 Å². The SMILES string of the molecule is CC(=O)c1cccc(NC(=O)c2cccn(C)c2=O)c1. The summed E-state index contributed by atoms with van der Waals surface area (Å²) in [5.74, 6) is -0.580. The molecule has 20 heavy (non-hydrogen) atoms. The van der Waals surface area contributed by atoms with Crippen LogP contribution in [0, 0.1) is 0 Å². The molecule has 0 aliphatic heterocycles. The molecule has 0 atom stereocenters. The van der Waals surface area contributed by atoms with E-state index in [9.17, 15) is 14.4 Å². The Morgan fingerprint density at radius 3 is 2.60 bits per heavy atom. The van der Waals surface area contributed by atoms with E-state index in [2.05, 4.69) is 5.32 Å². The normalized spacial score (nSPS) is 10.1. The molecule has 1 N–H and O–H groups in total. The van der Waals surface area contributed by atoms with Gasteiger partial charge in [-0.3, -0.25) is 14.4 Å². The molecule has 1 aromatic carbocycles. The van der Waals surface area contributed by atoms with Crippen molar-refractivity contribution in [2.75, 3.05) is 5.32 Å². The van der Waals surface area contributed by atoms with Crippen LogP contribution >= 0.6 is 0 Å². The predicted octanol–water partition coefficient (Wildman–Crippen LogP) is 1.84. The predicted molar refractivity (Wildman–Crippen MR) is 76.1 cm³/mol. The molecular formula is C15H14N2O3. The van der Waals surface area contributed by atoms with E-state index in [0.717, 1.165) is 0 Å². The molecule has 0 saturated carbocycles. The van der Waals surface area contributed by atoms with Crippen molar-refractivity contribution >= 4 is 17.4 Å². The molecule has 2 aromatic rings. The summed E-state index contributed by atoms with van der Waals surface area (Å²) in [6, 6.07) is 9.68. The number of carbonyl (C=O) groups is 2. The lowest BCUT2D eigenvalue weighted by molar-refractivity contribution is 0.101. The summed E-state index contributed by atoms with van der Waals surface area (Å²) in [6.07, 6.45) is 1.58. The Morgan fingerprint density at radius 1 is 1.15 bits per heavy atom. The van der Waals surface area contributed by atoms with E-state index in [1.54, 1.807) is 43.6 Å². The number of hydrogen-bond donors (Lipinski definition) is 1. The van der Waals surface area contributed by atoms with Crippen LogP contribution in [0.5, 0.6) is 0 Å². The summed E-state index contributed by atoms with van der Waals surface area (Å²) < 4.78 is 1.33. The Labute approximate surface area is 115 Å². The largest absolute Gasteiger partial charge is 0.322 e. The zero-order valence-electron chi connectivity index (χ0n) is 11.2. The van der Waals surface area contributed by atoms with Crippen LogP contribution in [0.1, 0.15) is 27.6 Å². The van der Waals surface area contributed by atoms with Crippen molar-refractivity contribution in [3.63, 3.8) is 0 Å². The molecule has 0 fully saturated rings. The number of nitrogens with zero attached hydrogens (tertiary/aromatic N) is 1. The van der Waals surface area contributed by atoms with Crippen LogP contribution in [-0.2, 0) is 7.05 Å². The van der Waals surface area contributed by atoms with Gasteiger partial charge in [-0.15, -0.1) is 0 Å². The standard InChI is InChI=1S/C15H14N2O3/c1-10(18)11-5-3-6-12(9-11)16-14(19)13-7-4-8-17(2)15(13)20/h3-9H,1-2H3,(H,16,19). The lowest BCUT2D eigenvalue weighted by Crippen LogP contribution is -2.27. The number of rotatable bonds is 3. The number of Topliss-reactive ketones (excluding diaryl/α,β-unsaturated/α-hetero) is 1. The highest BCUT2D eigenvalue weighted by atomic mass is 16.2. The first-order valence-corrected chi connectivity index (χ1v) is 6.07. The van der Waals surface area contributed by atoms with Gasteiger partial charge in [0.1, 0.15) is 5.56 Å². The number of carbonyl (C=O) groups excluding carboxylic acids is 2. The third-order valence-corrected chi connectivity index (χ3v) is 2.89. The van der Waals surface area contributed by atoms with E-state index in [1.807, 2.05) is 0 Å². The highest BCUT2D eigenvalue weighted by Crippen LogP contribution is 2.12. The van der Waals surface area contributed by atoms with Crippen LogP contribution in [0.2, 0.25) is 0 Å². The van der Waals surface area contributed by atoms with Gasteiger partial charge in [0, 0.05) is 24.5 Å². The summed E-state index contributed by atoms with van der Waals surface area (Å²) >= 11 is 0. The molecule has 1 aromatic heterocycles. The van der Waals surface area contributed by atoms with Crippen LogP contribution in [0.25, 0.3) is 0 Å². The molecule has 5 heteroatoms. The zero-order valence-corrected chi connectivity index (χ0v) is 11.2. The monoisotopic (exact) mass is 270 g/mol. The first kappa shape index (κ1) is 13.7. The molecule has 5 nitrogen and oxygen atoms in total. The second kappa shape index (κ2) is 5.52. The number of amides is 1. The molecule has 0 unspecified atom stereocenters. The maximum Gasteiger partial charge on any atom is 0.263 e. The van der Waals surface area contributed by atoms with Crippen LogP contribution < -0.4 is 10.9 Å². The molecule has 102 valence electrons. The molecule has 0 bridgehead atoms. The van der Waals surface area contributed by atoms with Gasteiger partial charge in [-0.1, -0.05) is 12.1 Å². The molecule has 0 spiro atoms. The van der Waals surface area contributed by atoms with Crippen LogP contribution in [0.3, 0.4) is 0 Å². The topological polar surface area (TPSA) is 68.2 Å². The number of pyridine rings is 1. The molecule has 0 saturated heterocycles. The van der Waals surface area contributed by atoms with E-state index in [0.29, 0.717) is 11.3 Å². The minimum absolute atomic E-state index is 0.0585. The van der Waals surface area contributed by atoms with Gasteiger partial charge in [0.25, 0.3) is 11.5 Å². The smallest absolute Gasteiger partial charge is 0.263 e. The molecule has 0 aliphatic carbocycles. The van der Waals surface area contributed by atoms with Crippen molar-refractivity contribution in [3.8, 4) is 0 Å². The highest BCUT2D eigenvalue weighted by molar-refractivity contribution is 6.04. The number of hydrogen-bond acceptors (Lipinski definition) is 3. The van der Waals surface area contributed by atoms with Crippen molar-refractivity contribution in [1.82, 2.24) is 4.57 Å². The summed E-state index contributed by atoms with van der Waals surface area (Å²) in [6.45, 7) is 1.45. The first-order valence-electron chi connectivity index (χ1n) is 6.07. The summed E-state index contributed by atoms with van der Waals surface area (Å²) in [4.78, 5) is 35.2. The second-order valence-electron chi connectivity index (χ2n) is 4.43. The van der Waals surface area contributed by atoms with Crippen molar-refractivity contribution in [2.24, 2.45) is 7.05 Å². The Kier molecular flexibility index (Phi) is 3.79. The molecule has 0 radical (unpaired) electrons. The zero-order chi connectivity index (χ0) is 14.7. The molecule has 1 amide bonds. The van der Waals surface area contributed by atoms with Crippen molar-refractivity contribution in [3.05, 3.63) is 64.1 Å². The molecular weight excluding hydrogens is 256 g/mol. The van der Waals surface area contributed by atoms with E-state index in [4.69, 9.17) is 0 Å². The third-order valence-electron chi connectivity index (χ3n) is 2.89. The summed E-state index contributed by atoms with van der Waals surface area (Å²) in [7, 11) is 1.58. The van der Waals surface area contributed by atoms with E-state index < -0.39 is 5.91 Å². The Balaban J connectivity index is 2.28. The van der Waals surface area contributed by atoms with Gasteiger partial charge in [0.05, 0.1) is 0 Å². The third kappa shape index (κ3) is 2.83.